The third-order valence-corrected chi connectivity index (χ3v) is 3.41. The predicted octanol–water partition coefficient (Wildman–Crippen LogP) is 2.74. The van der Waals surface area contributed by atoms with Crippen molar-refractivity contribution in [3.63, 3.8) is 0 Å². The molecule has 1 rings (SSSR count). The maximum atomic E-state index is 12.5. The Bertz CT molecular complexity index is 394. The van der Waals surface area contributed by atoms with Crippen LogP contribution in [0.3, 0.4) is 0 Å². The quantitative estimate of drug-likeness (QED) is 0.845. The lowest BCUT2D eigenvalue weighted by atomic mass is 10.1. The Balaban J connectivity index is 2.95. The van der Waals surface area contributed by atoms with Gasteiger partial charge in [-0.15, -0.1) is 0 Å². The van der Waals surface area contributed by atoms with Crippen molar-refractivity contribution in [2.45, 2.75) is 52.6 Å². The van der Waals surface area contributed by atoms with E-state index in [1.807, 2.05) is 22.7 Å². The van der Waals surface area contributed by atoms with Crippen molar-refractivity contribution >= 4 is 11.6 Å². The van der Waals surface area contributed by atoms with Gasteiger partial charge in [0.2, 0.25) is 0 Å². The standard InChI is InChI=1S/C14H25N3O/c1-5-8-17-10-11(15)9-13(17)14(18)16(4)12(6-2)7-3/h9-10,12H,5-8,15H2,1-4H3. The summed E-state index contributed by atoms with van der Waals surface area (Å²) in [7, 11) is 1.87. The average Bonchev–Trinajstić information content (AvgIpc) is 2.71. The molecule has 0 spiro atoms. The number of nitrogens with two attached hydrogens (primary N) is 1. The van der Waals surface area contributed by atoms with E-state index in [2.05, 4.69) is 20.8 Å². The van der Waals surface area contributed by atoms with Crippen LogP contribution in [0.5, 0.6) is 0 Å². The van der Waals surface area contributed by atoms with Crippen LogP contribution in [0.25, 0.3) is 0 Å². The largest absolute Gasteiger partial charge is 0.397 e. The number of carbonyl (C=O) groups excluding carboxylic acids is 1. The molecule has 1 amide bonds. The molecule has 0 aromatic carbocycles. The van der Waals surface area contributed by atoms with Crippen LogP contribution in [0.2, 0.25) is 0 Å². The molecule has 102 valence electrons. The number of aromatic nitrogens is 1. The maximum absolute atomic E-state index is 12.5. The molecule has 0 saturated carbocycles. The first kappa shape index (κ1) is 14.6. The first-order valence-corrected chi connectivity index (χ1v) is 6.77. The average molecular weight is 251 g/mol. The molecule has 0 bridgehead atoms. The van der Waals surface area contributed by atoms with Gasteiger partial charge < -0.3 is 15.2 Å². The summed E-state index contributed by atoms with van der Waals surface area (Å²) in [6.07, 6.45) is 4.78. The van der Waals surface area contributed by atoms with Gasteiger partial charge in [0.1, 0.15) is 5.69 Å². The van der Waals surface area contributed by atoms with E-state index in [9.17, 15) is 4.79 Å². The van der Waals surface area contributed by atoms with Gasteiger partial charge in [-0.2, -0.15) is 0 Å². The number of hydrogen-bond acceptors (Lipinski definition) is 2. The number of hydrogen-bond donors (Lipinski definition) is 1. The van der Waals surface area contributed by atoms with Gasteiger partial charge in [0.05, 0.1) is 5.69 Å². The summed E-state index contributed by atoms with van der Waals surface area (Å²) in [5.41, 5.74) is 7.15. The monoisotopic (exact) mass is 251 g/mol. The van der Waals surface area contributed by atoms with Gasteiger partial charge in [-0.05, 0) is 25.3 Å². The van der Waals surface area contributed by atoms with Crippen LogP contribution < -0.4 is 5.73 Å². The van der Waals surface area contributed by atoms with Gasteiger partial charge >= 0.3 is 0 Å². The van der Waals surface area contributed by atoms with Crippen molar-refractivity contribution in [1.82, 2.24) is 9.47 Å². The van der Waals surface area contributed by atoms with Crippen LogP contribution in [0, 0.1) is 0 Å². The van der Waals surface area contributed by atoms with Crippen molar-refractivity contribution in [2.75, 3.05) is 12.8 Å². The van der Waals surface area contributed by atoms with Crippen molar-refractivity contribution in [3.8, 4) is 0 Å². The first-order chi connectivity index (χ1) is 8.54. The Kier molecular flexibility index (Phi) is 5.25. The van der Waals surface area contributed by atoms with E-state index in [-0.39, 0.29) is 5.91 Å². The third-order valence-electron chi connectivity index (χ3n) is 3.41. The minimum Gasteiger partial charge on any atom is -0.397 e. The Hall–Kier alpha value is -1.45. The number of nitrogen functional groups attached to an aromatic ring is 1. The zero-order valence-corrected chi connectivity index (χ0v) is 11.9. The zero-order valence-electron chi connectivity index (χ0n) is 11.9. The molecule has 1 aromatic rings. The maximum Gasteiger partial charge on any atom is 0.270 e. The van der Waals surface area contributed by atoms with Gasteiger partial charge in [-0.1, -0.05) is 20.8 Å². The Morgan fingerprint density at radius 2 is 2.00 bits per heavy atom. The normalized spacial score (nSPS) is 10.9. The number of carbonyl (C=O) groups is 1. The highest BCUT2D eigenvalue weighted by Crippen LogP contribution is 2.16. The second kappa shape index (κ2) is 6.47. The summed E-state index contributed by atoms with van der Waals surface area (Å²) in [5.74, 6) is 0.0638. The summed E-state index contributed by atoms with van der Waals surface area (Å²) < 4.78 is 1.95. The van der Waals surface area contributed by atoms with Crippen molar-refractivity contribution < 1.29 is 4.79 Å². The lowest BCUT2D eigenvalue weighted by Gasteiger charge is -2.26. The van der Waals surface area contributed by atoms with E-state index >= 15 is 0 Å². The molecule has 2 N–H and O–H groups in total. The number of rotatable bonds is 6. The lowest BCUT2D eigenvalue weighted by molar-refractivity contribution is 0.0712. The van der Waals surface area contributed by atoms with E-state index in [1.165, 1.54) is 0 Å². The van der Waals surface area contributed by atoms with E-state index in [4.69, 9.17) is 5.73 Å². The van der Waals surface area contributed by atoms with Crippen LogP contribution in [0.4, 0.5) is 5.69 Å². The number of aryl methyl sites for hydroxylation is 1. The molecule has 0 unspecified atom stereocenters. The second-order valence-corrected chi connectivity index (χ2v) is 4.74. The van der Waals surface area contributed by atoms with Crippen molar-refractivity contribution in [2.24, 2.45) is 0 Å². The number of anilines is 1. The zero-order chi connectivity index (χ0) is 13.7. The van der Waals surface area contributed by atoms with Gasteiger partial charge in [0.15, 0.2) is 0 Å². The summed E-state index contributed by atoms with van der Waals surface area (Å²) in [5, 5.41) is 0. The molecule has 4 nitrogen and oxygen atoms in total. The fraction of sp³-hybridized carbons (Fsp3) is 0.643. The van der Waals surface area contributed by atoms with Crippen molar-refractivity contribution in [3.05, 3.63) is 18.0 Å². The molecule has 0 aliphatic heterocycles. The SMILES string of the molecule is CCCn1cc(N)cc1C(=O)N(C)C(CC)CC. The third kappa shape index (κ3) is 3.06. The molecule has 0 radical (unpaired) electrons. The Labute approximate surface area is 110 Å². The predicted molar refractivity (Wildman–Crippen MR) is 75.6 cm³/mol. The van der Waals surface area contributed by atoms with E-state index in [0.29, 0.717) is 17.4 Å². The molecule has 1 aromatic heterocycles. The summed E-state index contributed by atoms with van der Waals surface area (Å²) in [6, 6.07) is 2.07. The highest BCUT2D eigenvalue weighted by atomic mass is 16.2. The number of amides is 1. The first-order valence-electron chi connectivity index (χ1n) is 6.77. The molecule has 0 atom stereocenters. The molecule has 0 saturated heterocycles. The minimum absolute atomic E-state index is 0.0638. The second-order valence-electron chi connectivity index (χ2n) is 4.74. The van der Waals surface area contributed by atoms with E-state index in [1.54, 1.807) is 6.07 Å². The summed E-state index contributed by atoms with van der Waals surface area (Å²) in [4.78, 5) is 14.3. The molecule has 18 heavy (non-hydrogen) atoms. The molecule has 1 heterocycles. The highest BCUT2D eigenvalue weighted by Gasteiger charge is 2.21. The van der Waals surface area contributed by atoms with Crippen molar-refractivity contribution in [1.29, 1.82) is 0 Å². The molecular formula is C14H25N3O. The fourth-order valence-electron chi connectivity index (χ4n) is 2.32. The number of nitrogens with zero attached hydrogens (tertiary/aromatic N) is 2. The smallest absolute Gasteiger partial charge is 0.270 e. The lowest BCUT2D eigenvalue weighted by Crippen LogP contribution is -2.37. The van der Waals surface area contributed by atoms with Crippen LogP contribution in [-0.2, 0) is 6.54 Å². The fourth-order valence-corrected chi connectivity index (χ4v) is 2.32. The Morgan fingerprint density at radius 1 is 1.39 bits per heavy atom. The molecule has 0 aliphatic rings. The van der Waals surface area contributed by atoms with E-state index in [0.717, 1.165) is 25.8 Å². The highest BCUT2D eigenvalue weighted by molar-refractivity contribution is 5.93. The summed E-state index contributed by atoms with van der Waals surface area (Å²) >= 11 is 0. The van der Waals surface area contributed by atoms with Crippen LogP contribution >= 0.6 is 0 Å². The molecule has 0 fully saturated rings. The van der Waals surface area contributed by atoms with Gasteiger partial charge in [-0.3, -0.25) is 4.79 Å². The summed E-state index contributed by atoms with van der Waals surface area (Å²) in [6.45, 7) is 7.14. The van der Waals surface area contributed by atoms with Gasteiger partial charge in [-0.25, -0.2) is 0 Å². The van der Waals surface area contributed by atoms with Gasteiger partial charge in [0.25, 0.3) is 5.91 Å². The van der Waals surface area contributed by atoms with Gasteiger partial charge in [0, 0.05) is 25.8 Å². The molecule has 4 heteroatoms. The Morgan fingerprint density at radius 3 is 2.50 bits per heavy atom. The molecule has 0 aliphatic carbocycles. The topological polar surface area (TPSA) is 51.3 Å². The van der Waals surface area contributed by atoms with Crippen LogP contribution in [0.15, 0.2) is 12.3 Å². The molecular weight excluding hydrogens is 226 g/mol. The van der Waals surface area contributed by atoms with Crippen LogP contribution in [0.1, 0.15) is 50.5 Å². The minimum atomic E-state index is 0.0638. The van der Waals surface area contributed by atoms with Crippen LogP contribution in [-0.4, -0.2) is 28.5 Å². The van der Waals surface area contributed by atoms with E-state index < -0.39 is 0 Å².